The van der Waals surface area contributed by atoms with Gasteiger partial charge in [-0.2, -0.15) is 0 Å². The van der Waals surface area contributed by atoms with Crippen LogP contribution in [0.1, 0.15) is 12.5 Å². The zero-order valence-electron chi connectivity index (χ0n) is 8.78. The van der Waals surface area contributed by atoms with Gasteiger partial charge in [-0.1, -0.05) is 36.4 Å². The quantitative estimate of drug-likeness (QED) is 0.700. The van der Waals surface area contributed by atoms with Crippen LogP contribution in [-0.4, -0.2) is 23.5 Å². The van der Waals surface area contributed by atoms with Crippen molar-refractivity contribution in [1.82, 2.24) is 0 Å². The molecule has 0 aliphatic carbocycles. The van der Waals surface area contributed by atoms with E-state index in [0.717, 1.165) is 5.19 Å². The van der Waals surface area contributed by atoms with Gasteiger partial charge in [0.15, 0.2) is 0 Å². The fourth-order valence-electron chi connectivity index (χ4n) is 1.31. The third-order valence-electron chi connectivity index (χ3n) is 1.90. The van der Waals surface area contributed by atoms with Gasteiger partial charge >= 0.3 is 9.28 Å². The Kier molecular flexibility index (Phi) is 4.59. The highest BCUT2D eigenvalue weighted by Gasteiger charge is 2.17. The van der Waals surface area contributed by atoms with Crippen molar-refractivity contribution in [2.75, 3.05) is 14.2 Å². The zero-order valence-corrected chi connectivity index (χ0v) is 9.78. The predicted octanol–water partition coefficient (Wildman–Crippen LogP) is 1.71. The molecule has 1 radical (unpaired) electrons. The Bertz CT molecular complexity index is 306. The third-order valence-corrected chi connectivity index (χ3v) is 3.53. The average molecular weight is 207 g/mol. The summed E-state index contributed by atoms with van der Waals surface area (Å²) >= 11 is 0. The molecule has 0 aromatic heterocycles. The van der Waals surface area contributed by atoms with Gasteiger partial charge in [-0.05, 0) is 12.5 Å². The molecule has 1 rings (SSSR count). The van der Waals surface area contributed by atoms with Gasteiger partial charge in [-0.3, -0.25) is 0 Å². The van der Waals surface area contributed by atoms with Gasteiger partial charge in [-0.25, -0.2) is 0 Å². The Morgan fingerprint density at radius 2 is 1.79 bits per heavy atom. The first kappa shape index (κ1) is 11.2. The summed E-state index contributed by atoms with van der Waals surface area (Å²) in [5.41, 5.74) is 1.17. The Balaban J connectivity index is 3.04. The smallest absolute Gasteiger partial charge is 0.393 e. The van der Waals surface area contributed by atoms with Crippen LogP contribution in [0.25, 0.3) is 6.08 Å². The van der Waals surface area contributed by atoms with Gasteiger partial charge in [-0.15, -0.1) is 0 Å². The minimum absolute atomic E-state index is 1.15. The van der Waals surface area contributed by atoms with Crippen LogP contribution in [0.5, 0.6) is 0 Å². The van der Waals surface area contributed by atoms with E-state index in [0.29, 0.717) is 0 Å². The van der Waals surface area contributed by atoms with Crippen molar-refractivity contribution < 1.29 is 8.85 Å². The van der Waals surface area contributed by atoms with E-state index in [9.17, 15) is 0 Å². The second-order valence-electron chi connectivity index (χ2n) is 2.78. The van der Waals surface area contributed by atoms with Gasteiger partial charge in [0.25, 0.3) is 0 Å². The maximum absolute atomic E-state index is 5.32. The fraction of sp³-hybridized carbons (Fsp3) is 0.273. The lowest BCUT2D eigenvalue weighted by Gasteiger charge is -2.11. The minimum Gasteiger partial charge on any atom is -0.393 e. The summed E-state index contributed by atoms with van der Waals surface area (Å²) in [6.45, 7) is 2.00. The van der Waals surface area contributed by atoms with E-state index in [1.54, 1.807) is 14.2 Å². The van der Waals surface area contributed by atoms with Crippen molar-refractivity contribution in [1.29, 1.82) is 0 Å². The number of allylic oxidation sites excluding steroid dienone is 1. The molecule has 0 N–H and O–H groups in total. The van der Waals surface area contributed by atoms with Crippen LogP contribution < -0.4 is 5.19 Å². The van der Waals surface area contributed by atoms with Crippen molar-refractivity contribution in [3.8, 4) is 0 Å². The summed E-state index contributed by atoms with van der Waals surface area (Å²) in [5.74, 6) is 0. The van der Waals surface area contributed by atoms with E-state index in [1.165, 1.54) is 5.56 Å². The molecule has 0 aliphatic heterocycles. The van der Waals surface area contributed by atoms with Crippen LogP contribution in [0.15, 0.2) is 30.3 Å². The largest absolute Gasteiger partial charge is 0.423 e. The van der Waals surface area contributed by atoms with E-state index < -0.39 is 9.28 Å². The highest BCUT2D eigenvalue weighted by Crippen LogP contribution is 2.02. The molecule has 0 amide bonds. The van der Waals surface area contributed by atoms with Crippen LogP contribution >= 0.6 is 0 Å². The Hall–Kier alpha value is -0.903. The number of hydrogen-bond donors (Lipinski definition) is 0. The van der Waals surface area contributed by atoms with Crippen LogP contribution in [0.2, 0.25) is 0 Å². The molecule has 14 heavy (non-hydrogen) atoms. The molecule has 0 heterocycles. The van der Waals surface area contributed by atoms with Crippen molar-refractivity contribution in [2.24, 2.45) is 0 Å². The molecule has 0 aliphatic rings. The van der Waals surface area contributed by atoms with Crippen LogP contribution in [-0.2, 0) is 8.85 Å². The highest BCUT2D eigenvalue weighted by atomic mass is 28.3. The van der Waals surface area contributed by atoms with Crippen molar-refractivity contribution in [3.05, 3.63) is 35.9 Å². The normalized spacial score (nSPS) is 11.4. The van der Waals surface area contributed by atoms with E-state index in [-0.39, 0.29) is 0 Å². The molecule has 0 saturated carbocycles. The van der Waals surface area contributed by atoms with Gasteiger partial charge in [0, 0.05) is 19.4 Å². The van der Waals surface area contributed by atoms with Crippen LogP contribution in [0, 0.1) is 0 Å². The molecule has 0 bridgehead atoms. The standard InChI is InChI=1S/C11H15O2Si/c1-4-7-10-8-5-6-9-11(10)14(12-2)13-3/h4-9H,1-3H3. The lowest BCUT2D eigenvalue weighted by molar-refractivity contribution is 0.292. The molecule has 0 fully saturated rings. The lowest BCUT2D eigenvalue weighted by atomic mass is 10.2. The number of benzene rings is 1. The molecule has 2 nitrogen and oxygen atoms in total. The van der Waals surface area contributed by atoms with E-state index in [2.05, 4.69) is 18.2 Å². The molecule has 0 unspecified atom stereocenters. The van der Waals surface area contributed by atoms with Crippen LogP contribution in [0.3, 0.4) is 0 Å². The molecule has 3 heteroatoms. The molecular weight excluding hydrogens is 192 g/mol. The average Bonchev–Trinajstić information content (AvgIpc) is 2.23. The molecule has 0 spiro atoms. The van der Waals surface area contributed by atoms with Crippen molar-refractivity contribution in [2.45, 2.75) is 6.92 Å². The molecule has 1 aromatic rings. The summed E-state index contributed by atoms with van der Waals surface area (Å²) in [7, 11) is 2.07. The van der Waals surface area contributed by atoms with Gasteiger partial charge < -0.3 is 8.85 Å². The summed E-state index contributed by atoms with van der Waals surface area (Å²) in [6.07, 6.45) is 4.08. The van der Waals surface area contributed by atoms with E-state index in [1.807, 2.05) is 25.1 Å². The Labute approximate surface area is 87.0 Å². The van der Waals surface area contributed by atoms with Gasteiger partial charge in [0.2, 0.25) is 0 Å². The lowest BCUT2D eigenvalue weighted by Crippen LogP contribution is -2.36. The summed E-state index contributed by atoms with van der Waals surface area (Å²) in [5, 5.41) is 1.15. The molecule has 0 saturated heterocycles. The molecule has 0 atom stereocenters. The Morgan fingerprint density at radius 1 is 1.14 bits per heavy atom. The van der Waals surface area contributed by atoms with Gasteiger partial charge in [0.05, 0.1) is 0 Å². The molecule has 75 valence electrons. The highest BCUT2D eigenvalue weighted by molar-refractivity contribution is 6.62. The van der Waals surface area contributed by atoms with E-state index in [4.69, 9.17) is 8.85 Å². The first-order valence-corrected chi connectivity index (χ1v) is 5.82. The summed E-state index contributed by atoms with van der Waals surface area (Å²) < 4.78 is 10.6. The summed E-state index contributed by atoms with van der Waals surface area (Å²) in [6, 6.07) is 8.14. The zero-order chi connectivity index (χ0) is 10.4. The van der Waals surface area contributed by atoms with E-state index >= 15 is 0 Å². The maximum Gasteiger partial charge on any atom is 0.423 e. The minimum atomic E-state index is -1.30. The van der Waals surface area contributed by atoms with Crippen molar-refractivity contribution in [3.63, 3.8) is 0 Å². The predicted molar refractivity (Wildman–Crippen MR) is 60.6 cm³/mol. The first-order valence-electron chi connectivity index (χ1n) is 4.50. The first-order chi connectivity index (χ1) is 6.83. The SMILES string of the molecule is CC=Cc1ccccc1[Si](OC)OC. The second-order valence-corrected chi connectivity index (χ2v) is 4.71. The monoisotopic (exact) mass is 207 g/mol. The van der Waals surface area contributed by atoms with Crippen LogP contribution in [0.4, 0.5) is 0 Å². The summed E-state index contributed by atoms with van der Waals surface area (Å²) in [4.78, 5) is 0. The number of hydrogen-bond acceptors (Lipinski definition) is 2. The fourth-order valence-corrected chi connectivity index (χ4v) is 2.55. The number of rotatable bonds is 4. The van der Waals surface area contributed by atoms with Crippen molar-refractivity contribution >= 4 is 20.5 Å². The third kappa shape index (κ3) is 2.54. The molecular formula is C11H15O2Si. The molecule has 1 aromatic carbocycles. The topological polar surface area (TPSA) is 18.5 Å². The Morgan fingerprint density at radius 3 is 2.36 bits per heavy atom. The van der Waals surface area contributed by atoms with Gasteiger partial charge in [0.1, 0.15) is 0 Å². The maximum atomic E-state index is 5.32. The second kappa shape index (κ2) is 5.75.